The molecule has 17 heavy (non-hydrogen) atoms. The van der Waals surface area contributed by atoms with Crippen molar-refractivity contribution in [1.82, 2.24) is 14.7 Å². The fourth-order valence-electron chi connectivity index (χ4n) is 2.28. The molecular weight excluding hydrogens is 240 g/mol. The van der Waals surface area contributed by atoms with Crippen LogP contribution in [0.15, 0.2) is 12.4 Å². The Balaban J connectivity index is 2.20. The van der Waals surface area contributed by atoms with Crippen LogP contribution in [0.5, 0.6) is 0 Å². The summed E-state index contributed by atoms with van der Waals surface area (Å²) >= 11 is -2.00. The minimum Gasteiger partial charge on any atom is -0.304 e. The van der Waals surface area contributed by atoms with Gasteiger partial charge >= 0.3 is 0 Å². The largest absolute Gasteiger partial charge is 0.304 e. The van der Waals surface area contributed by atoms with Gasteiger partial charge in [0.1, 0.15) is 0 Å². The number of aryl methyl sites for hydroxylation is 1. The van der Waals surface area contributed by atoms with Crippen LogP contribution in [0.1, 0.15) is 12.8 Å². The summed E-state index contributed by atoms with van der Waals surface area (Å²) in [6, 6.07) is 0.0729. The van der Waals surface area contributed by atoms with Gasteiger partial charge in [-0.2, -0.15) is 5.10 Å². The van der Waals surface area contributed by atoms with Crippen LogP contribution in [0.2, 0.25) is 0 Å². The van der Waals surface area contributed by atoms with Crippen LogP contribution < -0.4 is 4.31 Å². The Morgan fingerprint density at radius 3 is 2.88 bits per heavy atom. The molecule has 0 radical (unpaired) electrons. The highest BCUT2D eigenvalue weighted by molar-refractivity contribution is 7.80. The average molecular weight is 258 g/mol. The molecule has 0 amide bonds. The number of rotatable bonds is 3. The highest BCUT2D eigenvalue weighted by Crippen LogP contribution is 2.23. The Morgan fingerprint density at radius 2 is 2.35 bits per heavy atom. The van der Waals surface area contributed by atoms with E-state index in [4.69, 9.17) is 0 Å². The van der Waals surface area contributed by atoms with E-state index in [1.807, 2.05) is 7.05 Å². The molecule has 1 aliphatic rings. The normalized spacial score (nSPS) is 23.6. The number of hydrogen-bond donors (Lipinski definition) is 1. The smallest absolute Gasteiger partial charge is 0.262 e. The van der Waals surface area contributed by atoms with Crippen molar-refractivity contribution < 1.29 is 8.76 Å². The van der Waals surface area contributed by atoms with Gasteiger partial charge in [0, 0.05) is 19.8 Å². The monoisotopic (exact) mass is 258 g/mol. The molecule has 0 saturated carbocycles. The summed E-state index contributed by atoms with van der Waals surface area (Å²) in [5.41, 5.74) is 0.702. The topological polar surface area (TPSA) is 61.6 Å². The Kier molecular flexibility index (Phi) is 3.80. The molecule has 2 atom stereocenters. The van der Waals surface area contributed by atoms with E-state index in [1.165, 1.54) is 0 Å². The summed E-state index contributed by atoms with van der Waals surface area (Å²) in [6.45, 7) is 1.86. The first-order valence-corrected chi connectivity index (χ1v) is 6.71. The van der Waals surface area contributed by atoms with Crippen molar-refractivity contribution >= 4 is 17.0 Å². The molecule has 1 fully saturated rings. The van der Waals surface area contributed by atoms with Gasteiger partial charge in [0.15, 0.2) is 0 Å². The lowest BCUT2D eigenvalue weighted by atomic mass is 10.1. The Labute approximate surface area is 104 Å². The van der Waals surface area contributed by atoms with Crippen LogP contribution in [-0.2, 0) is 18.3 Å². The van der Waals surface area contributed by atoms with Crippen molar-refractivity contribution in [2.24, 2.45) is 7.05 Å². The van der Waals surface area contributed by atoms with E-state index >= 15 is 0 Å². The lowest BCUT2D eigenvalue weighted by molar-refractivity contribution is 0.253. The second-order valence-corrected chi connectivity index (χ2v) is 5.34. The van der Waals surface area contributed by atoms with Gasteiger partial charge in [0.2, 0.25) is 0 Å². The molecule has 1 aromatic heterocycles. The molecule has 2 unspecified atom stereocenters. The van der Waals surface area contributed by atoms with Gasteiger partial charge in [-0.25, -0.2) is 4.21 Å². The summed E-state index contributed by atoms with van der Waals surface area (Å²) in [5.74, 6) is 0. The van der Waals surface area contributed by atoms with Crippen molar-refractivity contribution in [2.45, 2.75) is 18.9 Å². The van der Waals surface area contributed by atoms with E-state index in [-0.39, 0.29) is 6.04 Å². The molecule has 2 heterocycles. The van der Waals surface area contributed by atoms with E-state index in [2.05, 4.69) is 10.00 Å². The zero-order valence-corrected chi connectivity index (χ0v) is 10.9. The highest BCUT2D eigenvalue weighted by Gasteiger charge is 2.28. The number of likely N-dealkylation sites (tertiary alicyclic amines) is 1. The maximum atomic E-state index is 11.5. The molecule has 0 aliphatic carbocycles. The molecule has 1 aromatic rings. The van der Waals surface area contributed by atoms with Crippen molar-refractivity contribution in [3.8, 4) is 0 Å². The molecular formula is C10H18N4O2S. The molecule has 0 spiro atoms. The molecule has 1 N–H and O–H groups in total. The third-order valence-electron chi connectivity index (χ3n) is 3.05. The standard InChI is InChI=1S/C10H18N4O2S/c1-12-5-3-4-9(7-12)14(17(15)16)10-6-11-13(2)8-10/h6,8-9H,3-5,7H2,1-2H3,(H,15,16). The van der Waals surface area contributed by atoms with Gasteiger partial charge in [-0.3, -0.25) is 13.5 Å². The Hall–Kier alpha value is -0.920. The van der Waals surface area contributed by atoms with Gasteiger partial charge < -0.3 is 4.90 Å². The minimum atomic E-state index is -2.00. The third kappa shape index (κ3) is 2.85. The van der Waals surface area contributed by atoms with Crippen molar-refractivity contribution in [1.29, 1.82) is 0 Å². The fraction of sp³-hybridized carbons (Fsp3) is 0.700. The average Bonchev–Trinajstić information content (AvgIpc) is 2.64. The molecule has 2 rings (SSSR count). The SMILES string of the molecule is CN1CCCC(N(c2cnn(C)c2)S(=O)O)C1. The first-order chi connectivity index (χ1) is 8.08. The van der Waals surface area contributed by atoms with Crippen LogP contribution in [0, 0.1) is 0 Å². The van der Waals surface area contributed by atoms with E-state index in [0.29, 0.717) is 5.69 Å². The first kappa shape index (κ1) is 12.5. The number of nitrogens with zero attached hydrogens (tertiary/aromatic N) is 4. The van der Waals surface area contributed by atoms with E-state index in [9.17, 15) is 8.76 Å². The molecule has 96 valence electrons. The van der Waals surface area contributed by atoms with E-state index in [0.717, 1.165) is 25.9 Å². The number of likely N-dealkylation sites (N-methyl/N-ethyl adjacent to an activating group) is 1. The maximum absolute atomic E-state index is 11.5. The molecule has 6 nitrogen and oxygen atoms in total. The number of hydrogen-bond acceptors (Lipinski definition) is 3. The number of aromatic nitrogens is 2. The molecule has 0 bridgehead atoms. The summed E-state index contributed by atoms with van der Waals surface area (Å²) in [6.07, 6.45) is 5.38. The zero-order chi connectivity index (χ0) is 12.4. The number of piperidine rings is 1. The second kappa shape index (κ2) is 5.16. The van der Waals surface area contributed by atoms with Gasteiger partial charge in [0.25, 0.3) is 11.3 Å². The van der Waals surface area contributed by atoms with Crippen molar-refractivity contribution in [3.05, 3.63) is 12.4 Å². The second-order valence-electron chi connectivity index (χ2n) is 4.49. The van der Waals surface area contributed by atoms with Gasteiger partial charge in [-0.05, 0) is 26.4 Å². The summed E-state index contributed by atoms with van der Waals surface area (Å²) < 4.78 is 24.1. The van der Waals surface area contributed by atoms with Crippen LogP contribution in [0.3, 0.4) is 0 Å². The van der Waals surface area contributed by atoms with Crippen molar-refractivity contribution in [2.75, 3.05) is 24.4 Å². The summed E-state index contributed by atoms with van der Waals surface area (Å²) in [4.78, 5) is 2.18. The van der Waals surface area contributed by atoms with Crippen molar-refractivity contribution in [3.63, 3.8) is 0 Å². The minimum absolute atomic E-state index is 0.0729. The highest BCUT2D eigenvalue weighted by atomic mass is 32.2. The van der Waals surface area contributed by atoms with Gasteiger partial charge in [0.05, 0.1) is 17.9 Å². The predicted molar refractivity (Wildman–Crippen MR) is 67.0 cm³/mol. The summed E-state index contributed by atoms with van der Waals surface area (Å²) in [7, 11) is 3.84. The van der Waals surface area contributed by atoms with E-state index in [1.54, 1.807) is 28.4 Å². The van der Waals surface area contributed by atoms with E-state index < -0.39 is 11.3 Å². The molecule has 7 heteroatoms. The summed E-state index contributed by atoms with van der Waals surface area (Å²) in [5, 5.41) is 4.05. The maximum Gasteiger partial charge on any atom is 0.262 e. The lowest BCUT2D eigenvalue weighted by Gasteiger charge is -2.35. The van der Waals surface area contributed by atoms with Crippen LogP contribution in [0.4, 0.5) is 5.69 Å². The molecule has 1 aliphatic heterocycles. The first-order valence-electron chi connectivity index (χ1n) is 5.65. The Bertz CT molecular complexity index is 409. The van der Waals surface area contributed by atoms with Crippen LogP contribution in [0.25, 0.3) is 0 Å². The fourth-order valence-corrected chi connectivity index (χ4v) is 2.98. The lowest BCUT2D eigenvalue weighted by Crippen LogP contribution is -2.47. The Morgan fingerprint density at radius 1 is 1.59 bits per heavy atom. The van der Waals surface area contributed by atoms with Crippen LogP contribution in [-0.4, -0.2) is 49.6 Å². The third-order valence-corrected chi connectivity index (χ3v) is 3.89. The van der Waals surface area contributed by atoms with Crippen LogP contribution >= 0.6 is 0 Å². The van der Waals surface area contributed by atoms with Gasteiger partial charge in [-0.1, -0.05) is 0 Å². The van der Waals surface area contributed by atoms with Gasteiger partial charge in [-0.15, -0.1) is 0 Å². The molecule has 0 aromatic carbocycles. The molecule has 1 saturated heterocycles. The zero-order valence-electron chi connectivity index (χ0n) is 10.1. The predicted octanol–water partition coefficient (Wildman–Crippen LogP) is 0.457. The number of anilines is 1. The quantitative estimate of drug-likeness (QED) is 0.800.